The van der Waals surface area contributed by atoms with Crippen LogP contribution in [0.5, 0.6) is 0 Å². The topological polar surface area (TPSA) is 131 Å². The van der Waals surface area contributed by atoms with Crippen LogP contribution in [0.4, 0.5) is 19.0 Å². The predicted octanol–water partition coefficient (Wildman–Crippen LogP) is 2.90. The minimum Gasteiger partial charge on any atom is -0.379 e. The van der Waals surface area contributed by atoms with E-state index in [-0.39, 0.29) is 58.7 Å². The molecule has 12 nitrogen and oxygen atoms in total. The summed E-state index contributed by atoms with van der Waals surface area (Å²) in [5, 5.41) is -0.0164. The molecule has 0 spiro atoms. The number of rotatable bonds is 7. The molecular formula is C33H34F3N7O5S. The van der Waals surface area contributed by atoms with Gasteiger partial charge in [-0.1, -0.05) is 12.1 Å². The van der Waals surface area contributed by atoms with Crippen molar-refractivity contribution in [3.05, 3.63) is 82.3 Å². The number of benzene rings is 1. The molecule has 0 bridgehead atoms. The molecule has 16 heteroatoms. The van der Waals surface area contributed by atoms with Gasteiger partial charge in [0.1, 0.15) is 23.1 Å². The van der Waals surface area contributed by atoms with Gasteiger partial charge in [0.25, 0.3) is 0 Å². The van der Waals surface area contributed by atoms with Crippen LogP contribution in [0.3, 0.4) is 0 Å². The van der Waals surface area contributed by atoms with Gasteiger partial charge in [0.15, 0.2) is 21.3 Å². The van der Waals surface area contributed by atoms with E-state index in [2.05, 4.69) is 19.9 Å². The van der Waals surface area contributed by atoms with E-state index in [0.717, 1.165) is 48.2 Å². The number of morpholine rings is 1. The molecule has 2 fully saturated rings. The van der Waals surface area contributed by atoms with E-state index >= 15 is 4.39 Å². The largest absolute Gasteiger partial charge is 0.379 e. The molecule has 3 aromatic heterocycles. The number of ether oxygens (including phenoxy) is 1. The minimum atomic E-state index is -3.95. The van der Waals surface area contributed by atoms with E-state index in [0.29, 0.717) is 19.8 Å². The third-order valence-electron chi connectivity index (χ3n) is 8.63. The summed E-state index contributed by atoms with van der Waals surface area (Å²) >= 11 is 0. The summed E-state index contributed by atoms with van der Waals surface area (Å²) in [4.78, 5) is 45.1. The van der Waals surface area contributed by atoms with E-state index in [4.69, 9.17) is 4.74 Å². The standard InChI is InChI=1S/C33H34F3N7O5S/c1-20-19-41(27(44)8-5-11-40-14-16-48-17-15-40)12-13-42(20)31-22-18-25(36)29(28-23(34)6-4-7-24(28)35)38-32(22)43(33(45)39-31)30-21(2)37-10-9-26(30)49(3,46)47/h4-10,18,20H,11-17,19H2,1-3H3/b8-5+/t20-/m0/s1. The second-order valence-electron chi connectivity index (χ2n) is 12.0. The van der Waals surface area contributed by atoms with Crippen molar-refractivity contribution in [3.8, 4) is 16.9 Å². The first-order chi connectivity index (χ1) is 23.3. The Kier molecular flexibility index (Phi) is 9.55. The van der Waals surface area contributed by atoms with Gasteiger partial charge in [0, 0.05) is 63.8 Å². The number of hydrogen-bond donors (Lipinski definition) is 0. The van der Waals surface area contributed by atoms with Crippen LogP contribution in [0.1, 0.15) is 12.6 Å². The number of sulfone groups is 1. The Morgan fingerprint density at radius 1 is 1.04 bits per heavy atom. The van der Waals surface area contributed by atoms with Crippen molar-refractivity contribution in [3.63, 3.8) is 0 Å². The molecule has 2 aliphatic heterocycles. The van der Waals surface area contributed by atoms with Crippen LogP contribution in [-0.2, 0) is 19.4 Å². The molecule has 4 aromatic rings. The molecular weight excluding hydrogens is 663 g/mol. The molecule has 1 amide bonds. The lowest BCUT2D eigenvalue weighted by atomic mass is 10.1. The Morgan fingerprint density at radius 3 is 2.43 bits per heavy atom. The average molecular weight is 698 g/mol. The normalized spacial score (nSPS) is 17.7. The van der Waals surface area contributed by atoms with Gasteiger partial charge in [0.05, 0.1) is 40.4 Å². The number of anilines is 1. The van der Waals surface area contributed by atoms with Crippen LogP contribution in [-0.4, -0.2) is 108 Å². The summed E-state index contributed by atoms with van der Waals surface area (Å²) in [6, 6.07) is 4.79. The van der Waals surface area contributed by atoms with Gasteiger partial charge >= 0.3 is 5.69 Å². The molecule has 2 aliphatic rings. The van der Waals surface area contributed by atoms with Gasteiger partial charge in [-0.15, -0.1) is 0 Å². The van der Waals surface area contributed by atoms with Gasteiger partial charge in [-0.3, -0.25) is 14.7 Å². The summed E-state index contributed by atoms with van der Waals surface area (Å²) in [7, 11) is -3.95. The second kappa shape index (κ2) is 13.7. The molecule has 0 saturated carbocycles. The summed E-state index contributed by atoms with van der Waals surface area (Å²) in [5.41, 5.74) is -2.79. The maximum Gasteiger partial charge on any atom is 0.355 e. The smallest absolute Gasteiger partial charge is 0.355 e. The first-order valence-electron chi connectivity index (χ1n) is 15.6. The number of piperazine rings is 1. The van der Waals surface area contributed by atoms with Crippen molar-refractivity contribution < 1.29 is 31.1 Å². The van der Waals surface area contributed by atoms with E-state index in [1.54, 1.807) is 9.80 Å². The summed E-state index contributed by atoms with van der Waals surface area (Å²) < 4.78 is 77.7. The Hall–Kier alpha value is -4.67. The summed E-state index contributed by atoms with van der Waals surface area (Å²) in [6.07, 6.45) is 5.56. The summed E-state index contributed by atoms with van der Waals surface area (Å²) in [6.45, 7) is 7.50. The third-order valence-corrected chi connectivity index (χ3v) is 9.76. The lowest BCUT2D eigenvalue weighted by molar-refractivity contribution is -0.126. The van der Waals surface area contributed by atoms with Crippen molar-refractivity contribution in [1.82, 2.24) is 29.3 Å². The zero-order valence-electron chi connectivity index (χ0n) is 27.1. The van der Waals surface area contributed by atoms with Gasteiger partial charge < -0.3 is 14.5 Å². The van der Waals surface area contributed by atoms with Crippen molar-refractivity contribution in [2.24, 2.45) is 0 Å². The molecule has 0 unspecified atom stereocenters. The molecule has 2 saturated heterocycles. The van der Waals surface area contributed by atoms with Crippen molar-refractivity contribution in [2.75, 3.05) is 63.6 Å². The summed E-state index contributed by atoms with van der Waals surface area (Å²) in [5.74, 6) is -3.43. The van der Waals surface area contributed by atoms with E-state index in [9.17, 15) is 26.8 Å². The Labute approximate surface area is 280 Å². The number of amides is 1. The number of pyridine rings is 2. The zero-order valence-corrected chi connectivity index (χ0v) is 27.9. The fraction of sp³-hybridized carbons (Fsp3) is 0.364. The van der Waals surface area contributed by atoms with Crippen LogP contribution in [0.15, 0.2) is 58.4 Å². The van der Waals surface area contributed by atoms with Crippen LogP contribution < -0.4 is 10.6 Å². The fourth-order valence-electron chi connectivity index (χ4n) is 6.20. The predicted molar refractivity (Wildman–Crippen MR) is 176 cm³/mol. The number of hydrogen-bond acceptors (Lipinski definition) is 10. The number of nitrogens with zero attached hydrogens (tertiary/aromatic N) is 7. The highest BCUT2D eigenvalue weighted by atomic mass is 32.2. The molecule has 49 heavy (non-hydrogen) atoms. The molecule has 1 atom stereocenters. The van der Waals surface area contributed by atoms with Gasteiger partial charge in [0.2, 0.25) is 5.91 Å². The highest BCUT2D eigenvalue weighted by Crippen LogP contribution is 2.34. The third kappa shape index (κ3) is 6.80. The monoisotopic (exact) mass is 697 g/mol. The second-order valence-corrected chi connectivity index (χ2v) is 14.0. The van der Waals surface area contributed by atoms with E-state index < -0.39 is 50.3 Å². The number of aryl methyl sites for hydroxylation is 1. The molecule has 6 rings (SSSR count). The Morgan fingerprint density at radius 2 is 1.76 bits per heavy atom. The van der Waals surface area contributed by atoms with Crippen LogP contribution in [0.25, 0.3) is 28.0 Å². The number of fused-ring (bicyclic) bond motifs is 1. The van der Waals surface area contributed by atoms with Gasteiger partial charge in [-0.2, -0.15) is 4.98 Å². The lowest BCUT2D eigenvalue weighted by Gasteiger charge is -2.40. The molecule has 258 valence electrons. The Balaban J connectivity index is 1.45. The molecule has 0 N–H and O–H groups in total. The molecule has 1 aromatic carbocycles. The lowest BCUT2D eigenvalue weighted by Crippen LogP contribution is -2.54. The SMILES string of the molecule is Cc1nccc(S(C)(=O)=O)c1-n1c(=O)nc(N2CCN(C(=O)/C=C/CN3CCOCC3)C[C@@H]2C)c2cc(F)c(-c3c(F)cccc3F)nc21. The number of carbonyl (C=O) groups excluding carboxylic acids is 1. The van der Waals surface area contributed by atoms with E-state index in [1.165, 1.54) is 25.3 Å². The maximum atomic E-state index is 15.9. The van der Waals surface area contributed by atoms with E-state index in [1.807, 2.05) is 13.0 Å². The van der Waals surface area contributed by atoms with Crippen molar-refractivity contribution in [1.29, 1.82) is 0 Å². The van der Waals surface area contributed by atoms with Crippen LogP contribution in [0.2, 0.25) is 0 Å². The zero-order chi connectivity index (χ0) is 35.0. The Bertz CT molecular complexity index is 2120. The highest BCUT2D eigenvalue weighted by molar-refractivity contribution is 7.90. The quantitative estimate of drug-likeness (QED) is 0.266. The molecule has 0 radical (unpaired) electrons. The van der Waals surface area contributed by atoms with Gasteiger partial charge in [-0.05, 0) is 38.1 Å². The van der Waals surface area contributed by atoms with Gasteiger partial charge in [-0.25, -0.2) is 35.9 Å². The van der Waals surface area contributed by atoms with Crippen molar-refractivity contribution >= 4 is 32.6 Å². The number of aromatic nitrogens is 4. The average Bonchev–Trinajstić information content (AvgIpc) is 3.05. The maximum absolute atomic E-state index is 15.9. The van der Waals surface area contributed by atoms with Crippen LogP contribution >= 0.6 is 0 Å². The minimum absolute atomic E-state index is 0.0164. The number of carbonyl (C=O) groups is 1. The first kappa shape index (κ1) is 34.2. The van der Waals surface area contributed by atoms with Crippen molar-refractivity contribution in [2.45, 2.75) is 24.8 Å². The number of halogens is 3. The molecule has 5 heterocycles. The highest BCUT2D eigenvalue weighted by Gasteiger charge is 2.31. The molecule has 0 aliphatic carbocycles. The van der Waals surface area contributed by atoms with Crippen LogP contribution in [0, 0.1) is 24.4 Å². The first-order valence-corrected chi connectivity index (χ1v) is 17.5. The fourth-order valence-corrected chi connectivity index (χ4v) is 7.09.